The van der Waals surface area contributed by atoms with Crippen LogP contribution in [0.3, 0.4) is 0 Å². The van der Waals surface area contributed by atoms with E-state index in [9.17, 15) is 9.59 Å². The number of aldehydes is 2. The second kappa shape index (κ2) is 7.57. The number of hydrogen-bond acceptors (Lipinski definition) is 4. The van der Waals surface area contributed by atoms with Crippen LogP contribution in [-0.2, 0) is 20.9 Å². The molecule has 92 valence electrons. The van der Waals surface area contributed by atoms with Crippen molar-refractivity contribution in [3.63, 3.8) is 0 Å². The van der Waals surface area contributed by atoms with Crippen molar-refractivity contribution in [2.24, 2.45) is 0 Å². The zero-order valence-electron chi connectivity index (χ0n) is 9.80. The first-order valence-corrected chi connectivity index (χ1v) is 5.42. The van der Waals surface area contributed by atoms with Gasteiger partial charge >= 0.3 is 0 Å². The van der Waals surface area contributed by atoms with E-state index < -0.39 is 0 Å². The lowest BCUT2D eigenvalue weighted by molar-refractivity contribution is -0.114. The van der Waals surface area contributed by atoms with E-state index in [1.54, 1.807) is 7.11 Å². The van der Waals surface area contributed by atoms with Gasteiger partial charge in [0, 0.05) is 12.8 Å². The largest absolute Gasteiger partial charge is 0.497 e. The molecule has 0 aliphatic rings. The summed E-state index contributed by atoms with van der Waals surface area (Å²) < 4.78 is 10.5. The van der Waals surface area contributed by atoms with Gasteiger partial charge in [-0.1, -0.05) is 12.1 Å². The molecule has 0 unspecified atom stereocenters. The first-order chi connectivity index (χ1) is 8.30. The summed E-state index contributed by atoms with van der Waals surface area (Å²) in [4.78, 5) is 20.7. The van der Waals surface area contributed by atoms with E-state index in [-0.39, 0.29) is 18.9 Å². The van der Waals surface area contributed by atoms with Crippen LogP contribution in [0.1, 0.15) is 18.4 Å². The summed E-state index contributed by atoms with van der Waals surface area (Å²) in [5.74, 6) is 0.783. The zero-order chi connectivity index (χ0) is 12.5. The van der Waals surface area contributed by atoms with Gasteiger partial charge in [-0.3, -0.25) is 0 Å². The highest BCUT2D eigenvalue weighted by atomic mass is 16.5. The Labute approximate surface area is 101 Å². The Morgan fingerprint density at radius 3 is 2.18 bits per heavy atom. The molecule has 0 bridgehead atoms. The molecule has 17 heavy (non-hydrogen) atoms. The van der Waals surface area contributed by atoms with E-state index in [0.717, 1.165) is 23.9 Å². The normalized spacial score (nSPS) is 10.2. The second-order valence-corrected chi connectivity index (χ2v) is 3.59. The molecule has 0 atom stereocenters. The number of carbonyl (C=O) groups excluding carboxylic acids is 2. The van der Waals surface area contributed by atoms with Crippen LogP contribution in [0.15, 0.2) is 24.3 Å². The highest BCUT2D eigenvalue weighted by Gasteiger charge is 2.08. The number of methoxy groups -OCH3 is 1. The summed E-state index contributed by atoms with van der Waals surface area (Å²) in [6, 6.07) is 7.45. The van der Waals surface area contributed by atoms with Crippen molar-refractivity contribution >= 4 is 12.6 Å². The molecule has 0 saturated carbocycles. The van der Waals surface area contributed by atoms with Crippen molar-refractivity contribution in [3.8, 4) is 5.75 Å². The first kappa shape index (κ1) is 13.4. The molecule has 0 radical (unpaired) electrons. The fourth-order valence-electron chi connectivity index (χ4n) is 1.38. The van der Waals surface area contributed by atoms with Crippen molar-refractivity contribution in [3.05, 3.63) is 29.8 Å². The molecule has 1 aromatic carbocycles. The molecule has 0 amide bonds. The maximum atomic E-state index is 10.4. The van der Waals surface area contributed by atoms with Crippen molar-refractivity contribution in [1.29, 1.82) is 0 Å². The quantitative estimate of drug-likeness (QED) is 0.645. The van der Waals surface area contributed by atoms with E-state index in [4.69, 9.17) is 9.47 Å². The van der Waals surface area contributed by atoms with E-state index in [0.29, 0.717) is 6.61 Å². The van der Waals surface area contributed by atoms with Gasteiger partial charge in [-0.25, -0.2) is 0 Å². The molecule has 4 nitrogen and oxygen atoms in total. The van der Waals surface area contributed by atoms with Crippen LogP contribution in [0, 0.1) is 0 Å². The van der Waals surface area contributed by atoms with Gasteiger partial charge in [0.1, 0.15) is 18.3 Å². The minimum absolute atomic E-state index is 0.245. The van der Waals surface area contributed by atoms with Gasteiger partial charge in [-0.2, -0.15) is 0 Å². The lowest BCUT2D eigenvalue weighted by Gasteiger charge is -2.12. The molecule has 0 spiro atoms. The SMILES string of the molecule is COc1ccc(COC(CC=O)CC=O)cc1. The van der Waals surface area contributed by atoms with Crippen LogP contribution in [0.2, 0.25) is 0 Å². The second-order valence-electron chi connectivity index (χ2n) is 3.59. The molecule has 4 heteroatoms. The number of carbonyl (C=O) groups is 2. The van der Waals surface area contributed by atoms with Crippen LogP contribution in [0.4, 0.5) is 0 Å². The highest BCUT2D eigenvalue weighted by molar-refractivity contribution is 5.54. The van der Waals surface area contributed by atoms with Gasteiger partial charge in [-0.15, -0.1) is 0 Å². The molecular formula is C13H16O4. The fourth-order valence-corrected chi connectivity index (χ4v) is 1.38. The van der Waals surface area contributed by atoms with Crippen molar-refractivity contribution in [2.75, 3.05) is 7.11 Å². The summed E-state index contributed by atoms with van der Waals surface area (Å²) in [7, 11) is 1.61. The van der Waals surface area contributed by atoms with Gasteiger partial charge in [-0.05, 0) is 17.7 Å². The van der Waals surface area contributed by atoms with Crippen molar-refractivity contribution in [1.82, 2.24) is 0 Å². The molecule has 0 aliphatic heterocycles. The zero-order valence-corrected chi connectivity index (χ0v) is 9.80. The molecule has 1 rings (SSSR count). The topological polar surface area (TPSA) is 52.6 Å². The number of ether oxygens (including phenoxy) is 2. The number of rotatable bonds is 8. The minimum atomic E-state index is -0.327. The summed E-state index contributed by atoms with van der Waals surface area (Å²) in [5, 5.41) is 0. The van der Waals surface area contributed by atoms with Crippen LogP contribution < -0.4 is 4.74 Å². The average molecular weight is 236 g/mol. The molecule has 0 aliphatic carbocycles. The van der Waals surface area contributed by atoms with Crippen LogP contribution in [-0.4, -0.2) is 25.8 Å². The maximum absolute atomic E-state index is 10.4. The number of benzene rings is 1. The summed E-state index contributed by atoms with van der Waals surface area (Å²) in [5.41, 5.74) is 0.979. The lowest BCUT2D eigenvalue weighted by atomic mass is 10.2. The van der Waals surface area contributed by atoms with Crippen LogP contribution >= 0.6 is 0 Å². The Bertz CT molecular complexity index is 335. The number of hydrogen-bond donors (Lipinski definition) is 0. The molecular weight excluding hydrogens is 220 g/mol. The predicted octanol–water partition coefficient (Wildman–Crippen LogP) is 1.76. The summed E-state index contributed by atoms with van der Waals surface area (Å²) >= 11 is 0. The maximum Gasteiger partial charge on any atom is 0.122 e. The standard InChI is InChI=1S/C13H16O4/c1-16-12-4-2-11(3-5-12)10-17-13(6-8-14)7-9-15/h2-5,8-9,13H,6-7,10H2,1H3. The molecule has 0 fully saturated rings. The van der Waals surface area contributed by atoms with Crippen molar-refractivity contribution < 1.29 is 19.1 Å². The Morgan fingerprint density at radius 1 is 1.12 bits per heavy atom. The molecule has 0 heterocycles. The third-order valence-corrected chi connectivity index (χ3v) is 2.36. The molecule has 0 saturated heterocycles. The lowest BCUT2D eigenvalue weighted by Crippen LogP contribution is -2.14. The highest BCUT2D eigenvalue weighted by Crippen LogP contribution is 2.13. The van der Waals surface area contributed by atoms with Gasteiger partial charge in [0.05, 0.1) is 19.8 Å². The van der Waals surface area contributed by atoms with Gasteiger partial charge in [0.25, 0.3) is 0 Å². The third-order valence-electron chi connectivity index (χ3n) is 2.36. The molecule has 1 aromatic rings. The van der Waals surface area contributed by atoms with Gasteiger partial charge in [0.15, 0.2) is 0 Å². The molecule has 0 aromatic heterocycles. The van der Waals surface area contributed by atoms with E-state index in [1.165, 1.54) is 0 Å². The Morgan fingerprint density at radius 2 is 1.71 bits per heavy atom. The minimum Gasteiger partial charge on any atom is -0.497 e. The predicted molar refractivity (Wildman–Crippen MR) is 62.9 cm³/mol. The third kappa shape index (κ3) is 4.78. The molecule has 0 N–H and O–H groups in total. The van der Waals surface area contributed by atoms with Crippen LogP contribution in [0.25, 0.3) is 0 Å². The summed E-state index contributed by atoms with van der Waals surface area (Å²) in [6.45, 7) is 0.385. The Kier molecular flexibility index (Phi) is 5.96. The van der Waals surface area contributed by atoms with Gasteiger partial charge in [0.2, 0.25) is 0 Å². The summed E-state index contributed by atoms with van der Waals surface area (Å²) in [6.07, 6.45) is 1.70. The smallest absolute Gasteiger partial charge is 0.122 e. The Balaban J connectivity index is 2.46. The van der Waals surface area contributed by atoms with Gasteiger partial charge < -0.3 is 19.1 Å². The van der Waals surface area contributed by atoms with Crippen LogP contribution in [0.5, 0.6) is 5.75 Å². The van der Waals surface area contributed by atoms with E-state index in [1.807, 2.05) is 24.3 Å². The van der Waals surface area contributed by atoms with E-state index in [2.05, 4.69) is 0 Å². The van der Waals surface area contributed by atoms with E-state index >= 15 is 0 Å². The van der Waals surface area contributed by atoms with Crippen molar-refractivity contribution in [2.45, 2.75) is 25.6 Å². The average Bonchev–Trinajstić information content (AvgIpc) is 2.37. The first-order valence-electron chi connectivity index (χ1n) is 5.42. The Hall–Kier alpha value is -1.68. The monoisotopic (exact) mass is 236 g/mol. The fraction of sp³-hybridized carbons (Fsp3) is 0.385.